The van der Waals surface area contributed by atoms with E-state index in [-0.39, 0.29) is 0 Å². The molecule has 4 rings (SSSR count). The maximum Gasteiger partial charge on any atom is 0.137 e. The number of nitriles is 1. The molecule has 0 radical (unpaired) electrons. The van der Waals surface area contributed by atoms with Gasteiger partial charge in [0.1, 0.15) is 5.75 Å². The highest BCUT2D eigenvalue weighted by molar-refractivity contribution is 6.32. The maximum atomic E-state index is 9.55. The number of hydrogen-bond donors (Lipinski definition) is 1. The van der Waals surface area contributed by atoms with Gasteiger partial charge in [0.15, 0.2) is 0 Å². The number of aromatic nitrogens is 1. The predicted octanol–water partition coefficient (Wildman–Crippen LogP) is 5.96. The van der Waals surface area contributed by atoms with Crippen LogP contribution >= 0.6 is 11.6 Å². The van der Waals surface area contributed by atoms with Crippen molar-refractivity contribution in [2.45, 2.75) is 46.7 Å². The van der Waals surface area contributed by atoms with Gasteiger partial charge >= 0.3 is 0 Å². The smallest absolute Gasteiger partial charge is 0.137 e. The second-order valence-electron chi connectivity index (χ2n) is 7.72. The third-order valence-electron chi connectivity index (χ3n) is 5.71. The molecule has 0 spiro atoms. The Labute approximate surface area is 196 Å². The number of pyridine rings is 1. The molecule has 0 saturated heterocycles. The lowest BCUT2D eigenvalue weighted by Crippen LogP contribution is -2.28. The first-order chi connectivity index (χ1) is 15.5. The second-order valence-corrected chi connectivity index (χ2v) is 8.13. The number of nitrogens with zero attached hydrogens (tertiary/aromatic N) is 3. The molecule has 0 bridgehead atoms. The summed E-state index contributed by atoms with van der Waals surface area (Å²) in [5.41, 5.74) is 7.27. The monoisotopic (exact) mass is 450 g/mol. The molecule has 0 amide bonds. The fourth-order valence-corrected chi connectivity index (χ4v) is 4.38. The lowest BCUT2D eigenvalue weighted by atomic mass is 9.96. The normalized spacial score (nSPS) is 13.0. The molecule has 0 atom stereocenters. The summed E-state index contributed by atoms with van der Waals surface area (Å²) in [6, 6.07) is 12.0. The average Bonchev–Trinajstić information content (AvgIpc) is 2.82. The molecule has 5 nitrogen and oxygen atoms in total. The van der Waals surface area contributed by atoms with Crippen LogP contribution in [-0.4, -0.2) is 30.6 Å². The van der Waals surface area contributed by atoms with Crippen LogP contribution in [0.2, 0.25) is 5.02 Å². The van der Waals surface area contributed by atoms with Crippen molar-refractivity contribution in [1.29, 1.82) is 5.26 Å². The quantitative estimate of drug-likeness (QED) is 0.519. The van der Waals surface area contributed by atoms with Crippen molar-refractivity contribution in [3.8, 4) is 11.8 Å². The van der Waals surface area contributed by atoms with E-state index in [1.807, 2.05) is 44.2 Å². The number of aryl methyl sites for hydroxylation is 1. The maximum absolute atomic E-state index is 9.55. The minimum atomic E-state index is 0.596. The lowest BCUT2D eigenvalue weighted by Gasteiger charge is -2.28. The summed E-state index contributed by atoms with van der Waals surface area (Å²) in [4.78, 5) is 7.34. The Morgan fingerprint density at radius 3 is 2.69 bits per heavy atom. The van der Waals surface area contributed by atoms with Crippen molar-refractivity contribution >= 4 is 28.2 Å². The first-order valence-corrected chi connectivity index (χ1v) is 11.5. The molecule has 1 aromatic heterocycles. The van der Waals surface area contributed by atoms with Crippen LogP contribution in [0.1, 0.15) is 48.7 Å². The molecule has 1 aliphatic rings. The minimum Gasteiger partial charge on any atom is -0.495 e. The number of methoxy groups -OCH3 is 1. The van der Waals surface area contributed by atoms with E-state index in [9.17, 15) is 5.26 Å². The van der Waals surface area contributed by atoms with Gasteiger partial charge in [-0.15, -0.1) is 0 Å². The number of ether oxygens (including phenoxy) is 1. The number of anilines is 1. The molecular formula is C26H31ClN4O. The number of benzene rings is 2. The third kappa shape index (κ3) is 4.82. The first-order valence-electron chi connectivity index (χ1n) is 11.2. The highest BCUT2D eigenvalue weighted by atomic mass is 35.5. The second kappa shape index (κ2) is 10.7. The molecular weight excluding hydrogens is 420 g/mol. The highest BCUT2D eigenvalue weighted by Gasteiger charge is 2.22. The molecule has 0 fully saturated rings. The molecule has 32 heavy (non-hydrogen) atoms. The Kier molecular flexibility index (Phi) is 7.95. The Morgan fingerprint density at radius 2 is 2.03 bits per heavy atom. The molecule has 0 saturated carbocycles. The van der Waals surface area contributed by atoms with Gasteiger partial charge < -0.3 is 15.0 Å². The molecule has 1 N–H and O–H groups in total. The standard InChI is InChI=1S/C24H25ClN4O.C2H6/c1-4-17-9-16(12-26)10-18-23(17)28-21-7-8-29(2)14-19(21)24(18)27-13-15-5-6-22(30-3)20(25)11-15;1-2/h5-6,9-11H,4,7-8,13-14H2,1-3H3,(H,27,28);1-2H3. The molecule has 3 aromatic rings. The van der Waals surface area contributed by atoms with Gasteiger partial charge in [-0.3, -0.25) is 4.98 Å². The van der Waals surface area contributed by atoms with Gasteiger partial charge in [-0.25, -0.2) is 0 Å². The topological polar surface area (TPSA) is 61.2 Å². The van der Waals surface area contributed by atoms with Gasteiger partial charge in [-0.05, 0) is 48.9 Å². The van der Waals surface area contributed by atoms with Gasteiger partial charge in [0.25, 0.3) is 0 Å². The van der Waals surface area contributed by atoms with Crippen LogP contribution in [-0.2, 0) is 25.9 Å². The summed E-state index contributed by atoms with van der Waals surface area (Å²) in [6.07, 6.45) is 1.76. The highest BCUT2D eigenvalue weighted by Crippen LogP contribution is 2.35. The zero-order valence-electron chi connectivity index (χ0n) is 19.6. The summed E-state index contributed by atoms with van der Waals surface area (Å²) in [5, 5.41) is 14.8. The number of nitrogens with one attached hydrogen (secondary N) is 1. The first kappa shape index (κ1) is 23.8. The molecule has 0 unspecified atom stereocenters. The average molecular weight is 451 g/mol. The predicted molar refractivity (Wildman–Crippen MR) is 133 cm³/mol. The number of likely N-dealkylation sites (N-methyl/N-ethyl adjacent to an activating group) is 1. The van der Waals surface area contributed by atoms with Crippen molar-refractivity contribution in [1.82, 2.24) is 9.88 Å². The number of rotatable bonds is 5. The third-order valence-corrected chi connectivity index (χ3v) is 6.00. The lowest BCUT2D eigenvalue weighted by molar-refractivity contribution is 0.311. The van der Waals surface area contributed by atoms with Crippen LogP contribution in [0, 0.1) is 11.3 Å². The van der Waals surface area contributed by atoms with Crippen LogP contribution in [0.15, 0.2) is 30.3 Å². The van der Waals surface area contributed by atoms with Gasteiger partial charge in [0.2, 0.25) is 0 Å². The van der Waals surface area contributed by atoms with E-state index in [0.717, 1.165) is 59.3 Å². The molecule has 0 aliphatic carbocycles. The van der Waals surface area contributed by atoms with Crippen LogP contribution in [0.4, 0.5) is 5.69 Å². The molecule has 168 valence electrons. The summed E-state index contributed by atoms with van der Waals surface area (Å²) < 4.78 is 5.26. The summed E-state index contributed by atoms with van der Waals surface area (Å²) >= 11 is 6.31. The fraction of sp³-hybridized carbons (Fsp3) is 0.385. The van der Waals surface area contributed by atoms with E-state index in [2.05, 4.69) is 30.3 Å². The van der Waals surface area contributed by atoms with E-state index >= 15 is 0 Å². The Morgan fingerprint density at radius 1 is 1.25 bits per heavy atom. The van der Waals surface area contributed by atoms with Crippen LogP contribution in [0.25, 0.3) is 10.9 Å². The number of fused-ring (bicyclic) bond motifs is 2. The van der Waals surface area contributed by atoms with Crippen LogP contribution < -0.4 is 10.1 Å². The SMILES string of the molecule is CC.CCc1cc(C#N)cc2c(NCc3ccc(OC)c(Cl)c3)c3c(nc12)CCN(C)C3. The Balaban J connectivity index is 0.00000141. The molecule has 6 heteroatoms. The fourth-order valence-electron chi connectivity index (χ4n) is 4.10. The van der Waals surface area contributed by atoms with Crippen LogP contribution in [0.5, 0.6) is 5.75 Å². The summed E-state index contributed by atoms with van der Waals surface area (Å²) in [6.45, 7) is 8.56. The van der Waals surface area contributed by atoms with Gasteiger partial charge in [-0.2, -0.15) is 5.26 Å². The van der Waals surface area contributed by atoms with Gasteiger partial charge in [0.05, 0.1) is 35.0 Å². The van der Waals surface area contributed by atoms with E-state index in [4.69, 9.17) is 21.3 Å². The molecule has 1 aliphatic heterocycles. The number of halogens is 1. The van der Waals surface area contributed by atoms with Crippen LogP contribution in [0.3, 0.4) is 0 Å². The summed E-state index contributed by atoms with van der Waals surface area (Å²) in [5.74, 6) is 0.667. The van der Waals surface area contributed by atoms with E-state index in [0.29, 0.717) is 22.9 Å². The Bertz CT molecular complexity index is 1150. The van der Waals surface area contributed by atoms with E-state index < -0.39 is 0 Å². The van der Waals surface area contributed by atoms with Crippen molar-refractivity contribution in [2.75, 3.05) is 26.0 Å². The van der Waals surface area contributed by atoms with Gasteiger partial charge in [0, 0.05) is 42.7 Å². The van der Waals surface area contributed by atoms with Crippen molar-refractivity contribution in [3.63, 3.8) is 0 Å². The number of hydrogen-bond acceptors (Lipinski definition) is 5. The van der Waals surface area contributed by atoms with E-state index in [1.165, 1.54) is 5.56 Å². The van der Waals surface area contributed by atoms with E-state index in [1.54, 1.807) is 7.11 Å². The van der Waals surface area contributed by atoms with Crippen molar-refractivity contribution in [3.05, 3.63) is 63.3 Å². The molecule has 2 heterocycles. The summed E-state index contributed by atoms with van der Waals surface area (Å²) in [7, 11) is 3.74. The zero-order valence-corrected chi connectivity index (χ0v) is 20.3. The van der Waals surface area contributed by atoms with Crippen molar-refractivity contribution in [2.24, 2.45) is 0 Å². The van der Waals surface area contributed by atoms with Crippen molar-refractivity contribution < 1.29 is 4.74 Å². The Hall–Kier alpha value is -2.81. The molecule has 2 aromatic carbocycles. The zero-order chi connectivity index (χ0) is 23.3. The van der Waals surface area contributed by atoms with Gasteiger partial charge in [-0.1, -0.05) is 38.4 Å². The largest absolute Gasteiger partial charge is 0.495 e. The minimum absolute atomic E-state index is 0.596.